The average Bonchev–Trinajstić information content (AvgIpc) is 3.04. The maximum atomic E-state index is 12.1. The highest BCUT2D eigenvalue weighted by Crippen LogP contribution is 2.27. The van der Waals surface area contributed by atoms with Crippen LogP contribution in [0.2, 0.25) is 0 Å². The quantitative estimate of drug-likeness (QED) is 0.774. The summed E-state index contributed by atoms with van der Waals surface area (Å²) in [4.78, 5) is 16.5. The Morgan fingerprint density at radius 1 is 1.41 bits per heavy atom. The molecule has 1 amide bonds. The second kappa shape index (κ2) is 4.94. The summed E-state index contributed by atoms with van der Waals surface area (Å²) in [5.74, 6) is 0.653. The molecule has 1 heterocycles. The molecule has 1 aliphatic heterocycles. The van der Waals surface area contributed by atoms with E-state index in [9.17, 15) is 4.79 Å². The van der Waals surface area contributed by atoms with Crippen LogP contribution in [0.1, 0.15) is 33.6 Å². The van der Waals surface area contributed by atoms with E-state index < -0.39 is 0 Å². The van der Waals surface area contributed by atoms with Crippen molar-refractivity contribution < 1.29 is 4.79 Å². The first kappa shape index (κ1) is 12.8. The second-order valence-electron chi connectivity index (χ2n) is 5.89. The van der Waals surface area contributed by atoms with Crippen molar-refractivity contribution in [2.75, 3.05) is 20.3 Å². The van der Waals surface area contributed by atoms with Crippen LogP contribution in [-0.2, 0) is 4.79 Å². The largest absolute Gasteiger partial charge is 0.327 e. The molecule has 2 aliphatic rings. The minimum Gasteiger partial charge on any atom is -0.327 e. The lowest BCUT2D eigenvalue weighted by atomic mass is 10.0. The van der Waals surface area contributed by atoms with Crippen LogP contribution >= 0.6 is 0 Å². The molecule has 1 saturated heterocycles. The van der Waals surface area contributed by atoms with Crippen LogP contribution in [0.4, 0.5) is 0 Å². The highest BCUT2D eigenvalue weighted by atomic mass is 16.2. The van der Waals surface area contributed by atoms with Crippen molar-refractivity contribution >= 4 is 5.91 Å². The summed E-state index contributed by atoms with van der Waals surface area (Å²) >= 11 is 0. The number of hydrogen-bond donors (Lipinski definition) is 1. The van der Waals surface area contributed by atoms with Crippen molar-refractivity contribution in [3.05, 3.63) is 0 Å². The van der Waals surface area contributed by atoms with Gasteiger partial charge in [-0.2, -0.15) is 0 Å². The van der Waals surface area contributed by atoms with Gasteiger partial charge in [0.1, 0.15) is 0 Å². The van der Waals surface area contributed by atoms with Crippen LogP contribution in [0.5, 0.6) is 0 Å². The third-order valence-corrected chi connectivity index (χ3v) is 4.05. The van der Waals surface area contributed by atoms with Crippen molar-refractivity contribution in [3.63, 3.8) is 0 Å². The zero-order chi connectivity index (χ0) is 12.6. The van der Waals surface area contributed by atoms with Crippen molar-refractivity contribution in [2.24, 2.45) is 5.92 Å². The molecule has 0 bridgehead atoms. The first-order valence-electron chi connectivity index (χ1n) is 6.74. The number of carbonyl (C=O) groups is 1. The fourth-order valence-corrected chi connectivity index (χ4v) is 2.54. The van der Waals surface area contributed by atoms with E-state index >= 15 is 0 Å². The van der Waals surface area contributed by atoms with Gasteiger partial charge in [0.25, 0.3) is 0 Å². The van der Waals surface area contributed by atoms with Gasteiger partial charge in [-0.3, -0.25) is 15.0 Å². The highest BCUT2D eigenvalue weighted by molar-refractivity contribution is 5.84. The molecule has 0 spiro atoms. The SMILES string of the molecule is CC(C)C1NCN(CC(C)N(C)C2CC2)C1=O. The van der Waals surface area contributed by atoms with Crippen molar-refractivity contribution in [1.82, 2.24) is 15.1 Å². The zero-order valence-corrected chi connectivity index (χ0v) is 11.4. The van der Waals surface area contributed by atoms with Gasteiger partial charge in [-0.15, -0.1) is 0 Å². The number of likely N-dealkylation sites (N-methyl/N-ethyl adjacent to an activating group) is 1. The Morgan fingerprint density at radius 3 is 2.53 bits per heavy atom. The minimum atomic E-state index is 0.0217. The van der Waals surface area contributed by atoms with Crippen LogP contribution in [0.25, 0.3) is 0 Å². The van der Waals surface area contributed by atoms with Crippen LogP contribution in [0.3, 0.4) is 0 Å². The smallest absolute Gasteiger partial charge is 0.241 e. The molecule has 1 N–H and O–H groups in total. The number of rotatable bonds is 5. The van der Waals surface area contributed by atoms with E-state index in [1.54, 1.807) is 0 Å². The molecule has 17 heavy (non-hydrogen) atoms. The lowest BCUT2D eigenvalue weighted by Crippen LogP contribution is -2.43. The van der Waals surface area contributed by atoms with Crippen LogP contribution in [-0.4, -0.2) is 54.1 Å². The first-order chi connectivity index (χ1) is 8.00. The van der Waals surface area contributed by atoms with E-state index in [2.05, 4.69) is 38.0 Å². The molecule has 2 fully saturated rings. The predicted molar refractivity (Wildman–Crippen MR) is 68.6 cm³/mol. The molecule has 98 valence electrons. The van der Waals surface area contributed by atoms with Gasteiger partial charge in [0.2, 0.25) is 5.91 Å². The number of nitrogens with one attached hydrogen (secondary N) is 1. The molecule has 2 unspecified atom stereocenters. The van der Waals surface area contributed by atoms with Gasteiger partial charge >= 0.3 is 0 Å². The maximum Gasteiger partial charge on any atom is 0.241 e. The molecule has 2 atom stereocenters. The van der Waals surface area contributed by atoms with E-state index in [0.29, 0.717) is 18.6 Å². The molecule has 2 rings (SSSR count). The summed E-state index contributed by atoms with van der Waals surface area (Å²) in [7, 11) is 2.18. The maximum absolute atomic E-state index is 12.1. The Bertz CT molecular complexity index is 288. The Morgan fingerprint density at radius 2 is 2.06 bits per heavy atom. The molecular weight excluding hydrogens is 214 g/mol. The molecule has 4 heteroatoms. The third-order valence-electron chi connectivity index (χ3n) is 4.05. The molecule has 0 radical (unpaired) electrons. The minimum absolute atomic E-state index is 0.0217. The first-order valence-corrected chi connectivity index (χ1v) is 6.74. The van der Waals surface area contributed by atoms with Gasteiger partial charge in [-0.25, -0.2) is 0 Å². The van der Waals surface area contributed by atoms with E-state index in [0.717, 1.165) is 12.6 Å². The van der Waals surface area contributed by atoms with Crippen molar-refractivity contribution in [1.29, 1.82) is 0 Å². The summed E-state index contributed by atoms with van der Waals surface area (Å²) in [6, 6.07) is 1.24. The van der Waals surface area contributed by atoms with Crippen molar-refractivity contribution in [3.8, 4) is 0 Å². The van der Waals surface area contributed by atoms with Crippen LogP contribution < -0.4 is 5.32 Å². The normalized spacial score (nSPS) is 27.3. The standard InChI is InChI=1S/C13H25N3O/c1-9(2)12-13(17)16(8-14-12)7-10(3)15(4)11-5-6-11/h9-12,14H,5-8H2,1-4H3. The molecular formula is C13H25N3O. The summed E-state index contributed by atoms with van der Waals surface area (Å²) in [5.41, 5.74) is 0. The molecule has 4 nitrogen and oxygen atoms in total. The van der Waals surface area contributed by atoms with Gasteiger partial charge in [-0.05, 0) is 32.7 Å². The zero-order valence-electron chi connectivity index (χ0n) is 11.4. The fraction of sp³-hybridized carbons (Fsp3) is 0.923. The van der Waals surface area contributed by atoms with Crippen molar-refractivity contribution in [2.45, 2.75) is 51.7 Å². The predicted octanol–water partition coefficient (Wildman–Crippen LogP) is 0.883. The number of carbonyl (C=O) groups excluding carboxylic acids is 1. The monoisotopic (exact) mass is 239 g/mol. The lowest BCUT2D eigenvalue weighted by Gasteiger charge is -2.28. The lowest BCUT2D eigenvalue weighted by molar-refractivity contribution is -0.130. The second-order valence-corrected chi connectivity index (χ2v) is 5.89. The van der Waals surface area contributed by atoms with Gasteiger partial charge in [0.15, 0.2) is 0 Å². The Labute approximate surface area is 104 Å². The van der Waals surface area contributed by atoms with E-state index in [4.69, 9.17) is 0 Å². The molecule has 0 aromatic carbocycles. The van der Waals surface area contributed by atoms with Crippen LogP contribution in [0, 0.1) is 5.92 Å². The van der Waals surface area contributed by atoms with E-state index in [-0.39, 0.29) is 11.9 Å². The Hall–Kier alpha value is -0.610. The number of hydrogen-bond acceptors (Lipinski definition) is 3. The molecule has 0 aromatic heterocycles. The fourth-order valence-electron chi connectivity index (χ4n) is 2.54. The summed E-state index contributed by atoms with van der Waals surface area (Å²) in [6.45, 7) is 7.97. The van der Waals surface area contributed by atoms with E-state index in [1.165, 1.54) is 12.8 Å². The Balaban J connectivity index is 1.85. The molecule has 1 saturated carbocycles. The van der Waals surface area contributed by atoms with Gasteiger partial charge in [0, 0.05) is 18.6 Å². The van der Waals surface area contributed by atoms with Crippen LogP contribution in [0.15, 0.2) is 0 Å². The third kappa shape index (κ3) is 2.80. The molecule has 0 aromatic rings. The van der Waals surface area contributed by atoms with E-state index in [1.807, 2.05) is 4.90 Å². The van der Waals surface area contributed by atoms with Gasteiger partial charge in [0.05, 0.1) is 12.7 Å². The number of nitrogens with zero attached hydrogens (tertiary/aromatic N) is 2. The number of amides is 1. The average molecular weight is 239 g/mol. The topological polar surface area (TPSA) is 35.6 Å². The highest BCUT2D eigenvalue weighted by Gasteiger charge is 2.35. The summed E-state index contributed by atoms with van der Waals surface area (Å²) < 4.78 is 0. The Kier molecular flexibility index (Phi) is 3.73. The summed E-state index contributed by atoms with van der Waals surface area (Å²) in [6.07, 6.45) is 2.64. The summed E-state index contributed by atoms with van der Waals surface area (Å²) in [5, 5.41) is 3.30. The molecule has 1 aliphatic carbocycles. The van der Waals surface area contributed by atoms with Gasteiger partial charge < -0.3 is 4.90 Å². The van der Waals surface area contributed by atoms with Gasteiger partial charge in [-0.1, -0.05) is 13.8 Å².